The Kier molecular flexibility index (Phi) is 5.04. The average Bonchev–Trinajstić information content (AvgIpc) is 2.80. The van der Waals surface area contributed by atoms with Crippen molar-refractivity contribution in [2.75, 3.05) is 33.2 Å². The second kappa shape index (κ2) is 6.94. The van der Waals surface area contributed by atoms with Crippen LogP contribution in [-0.2, 0) is 9.59 Å². The highest BCUT2D eigenvalue weighted by atomic mass is 16.2. The van der Waals surface area contributed by atoms with Crippen molar-refractivity contribution in [2.24, 2.45) is 5.92 Å². The molecule has 0 unspecified atom stereocenters. The lowest BCUT2D eigenvalue weighted by Gasteiger charge is -2.38. The third-order valence-corrected chi connectivity index (χ3v) is 5.80. The number of piperidine rings is 2. The van der Waals surface area contributed by atoms with E-state index < -0.39 is 5.54 Å². The maximum absolute atomic E-state index is 13.0. The monoisotopic (exact) mass is 350 g/mol. The van der Waals surface area contributed by atoms with Crippen LogP contribution in [0.4, 0.5) is 4.79 Å². The summed E-state index contributed by atoms with van der Waals surface area (Å²) in [6.07, 6.45) is 3.27. The second-order valence-electron chi connectivity index (χ2n) is 8.20. The van der Waals surface area contributed by atoms with Crippen LogP contribution >= 0.6 is 0 Å². The molecule has 0 saturated carbocycles. The molecule has 3 aliphatic rings. The molecule has 0 aliphatic carbocycles. The number of likely N-dealkylation sites (tertiary alicyclic amines) is 2. The van der Waals surface area contributed by atoms with Gasteiger partial charge in [0.25, 0.3) is 5.91 Å². The SMILES string of the molecule is CC(C)CC(=O)N1CCC(N2C(=O)NC3(CCN(C)CC3)C2=O)CC1. The molecule has 0 radical (unpaired) electrons. The lowest BCUT2D eigenvalue weighted by Crippen LogP contribution is -2.55. The summed E-state index contributed by atoms with van der Waals surface area (Å²) in [5.74, 6) is 0.468. The van der Waals surface area contributed by atoms with Crippen LogP contribution in [-0.4, -0.2) is 77.4 Å². The summed E-state index contributed by atoms with van der Waals surface area (Å²) in [6, 6.07) is -0.337. The van der Waals surface area contributed by atoms with E-state index in [1.165, 1.54) is 4.90 Å². The van der Waals surface area contributed by atoms with Crippen molar-refractivity contribution in [3.05, 3.63) is 0 Å². The maximum Gasteiger partial charge on any atom is 0.325 e. The van der Waals surface area contributed by atoms with E-state index in [-0.39, 0.29) is 23.9 Å². The molecule has 25 heavy (non-hydrogen) atoms. The standard InChI is InChI=1S/C18H30N4O3/c1-13(2)12-15(23)21-8-4-14(5-9-21)22-16(24)18(19-17(22)25)6-10-20(3)11-7-18/h13-14H,4-12H2,1-3H3,(H,19,25). The largest absolute Gasteiger partial charge is 0.343 e. The zero-order valence-corrected chi connectivity index (χ0v) is 15.6. The Morgan fingerprint density at radius 2 is 1.76 bits per heavy atom. The molecule has 3 saturated heterocycles. The Labute approximate surface area is 149 Å². The molecule has 1 N–H and O–H groups in total. The number of nitrogens with one attached hydrogen (secondary N) is 1. The molecule has 3 rings (SSSR count). The van der Waals surface area contributed by atoms with Gasteiger partial charge in [-0.05, 0) is 38.6 Å². The van der Waals surface area contributed by atoms with E-state index in [2.05, 4.69) is 10.2 Å². The van der Waals surface area contributed by atoms with E-state index in [1.54, 1.807) is 0 Å². The lowest BCUT2D eigenvalue weighted by atomic mass is 9.87. The van der Waals surface area contributed by atoms with Crippen LogP contribution in [0.5, 0.6) is 0 Å². The van der Waals surface area contributed by atoms with E-state index in [4.69, 9.17) is 0 Å². The minimum absolute atomic E-state index is 0.0578. The Hall–Kier alpha value is -1.63. The van der Waals surface area contributed by atoms with Gasteiger partial charge in [-0.1, -0.05) is 13.8 Å². The summed E-state index contributed by atoms with van der Waals surface area (Å²) in [6.45, 7) is 6.98. The first-order valence-electron chi connectivity index (χ1n) is 9.44. The third kappa shape index (κ3) is 3.52. The fourth-order valence-electron chi connectivity index (χ4n) is 4.16. The molecule has 0 aromatic rings. The fraction of sp³-hybridized carbons (Fsp3) is 0.833. The molecule has 0 aromatic heterocycles. The van der Waals surface area contributed by atoms with E-state index in [0.717, 1.165) is 13.1 Å². The maximum atomic E-state index is 13.0. The van der Waals surface area contributed by atoms with Gasteiger partial charge in [0, 0.05) is 38.6 Å². The topological polar surface area (TPSA) is 73.0 Å². The fourth-order valence-corrected chi connectivity index (χ4v) is 4.16. The number of nitrogens with zero attached hydrogens (tertiary/aromatic N) is 3. The second-order valence-corrected chi connectivity index (χ2v) is 8.20. The predicted molar refractivity (Wildman–Crippen MR) is 93.9 cm³/mol. The average molecular weight is 350 g/mol. The minimum Gasteiger partial charge on any atom is -0.343 e. The first-order chi connectivity index (χ1) is 11.8. The van der Waals surface area contributed by atoms with Crippen LogP contribution in [0.25, 0.3) is 0 Å². The summed E-state index contributed by atoms with van der Waals surface area (Å²) in [5.41, 5.74) is -0.700. The molecular formula is C18H30N4O3. The van der Waals surface area contributed by atoms with Crippen LogP contribution in [0.1, 0.15) is 46.0 Å². The highest BCUT2D eigenvalue weighted by Gasteiger charge is 2.54. The molecule has 1 spiro atoms. The van der Waals surface area contributed by atoms with E-state index in [1.807, 2.05) is 25.8 Å². The number of rotatable bonds is 3. The summed E-state index contributed by atoms with van der Waals surface area (Å²) < 4.78 is 0. The van der Waals surface area contributed by atoms with Gasteiger partial charge in [-0.2, -0.15) is 0 Å². The van der Waals surface area contributed by atoms with Gasteiger partial charge in [0.2, 0.25) is 5.91 Å². The lowest BCUT2D eigenvalue weighted by molar-refractivity contribution is -0.136. The van der Waals surface area contributed by atoms with Gasteiger partial charge in [-0.15, -0.1) is 0 Å². The first kappa shape index (κ1) is 18.2. The molecule has 3 fully saturated rings. The van der Waals surface area contributed by atoms with Crippen LogP contribution in [0.3, 0.4) is 0 Å². The normalized spacial score (nSPS) is 25.1. The smallest absolute Gasteiger partial charge is 0.325 e. The van der Waals surface area contributed by atoms with Crippen molar-refractivity contribution in [3.63, 3.8) is 0 Å². The Bertz CT molecular complexity index is 547. The molecule has 4 amide bonds. The third-order valence-electron chi connectivity index (χ3n) is 5.80. The summed E-state index contributed by atoms with van der Waals surface area (Å²) in [7, 11) is 2.04. The molecule has 7 heteroatoms. The number of imide groups is 1. The summed E-state index contributed by atoms with van der Waals surface area (Å²) >= 11 is 0. The highest BCUT2D eigenvalue weighted by Crippen LogP contribution is 2.32. The van der Waals surface area contributed by atoms with Crippen LogP contribution in [0.2, 0.25) is 0 Å². The van der Waals surface area contributed by atoms with Gasteiger partial charge in [0.05, 0.1) is 0 Å². The molecule has 3 heterocycles. The number of amides is 4. The predicted octanol–water partition coefficient (Wildman–Crippen LogP) is 1.04. The van der Waals surface area contributed by atoms with Crippen molar-refractivity contribution < 1.29 is 14.4 Å². The number of carbonyl (C=O) groups excluding carboxylic acids is 3. The molecule has 3 aliphatic heterocycles. The first-order valence-corrected chi connectivity index (χ1v) is 9.44. The number of carbonyl (C=O) groups is 3. The zero-order valence-electron chi connectivity index (χ0n) is 15.6. The summed E-state index contributed by atoms with van der Waals surface area (Å²) in [4.78, 5) is 43.2. The van der Waals surface area contributed by atoms with Gasteiger partial charge in [0.1, 0.15) is 5.54 Å². The van der Waals surface area contributed by atoms with Gasteiger partial charge in [-0.3, -0.25) is 14.5 Å². The van der Waals surface area contributed by atoms with E-state index in [0.29, 0.717) is 51.1 Å². The van der Waals surface area contributed by atoms with Crippen LogP contribution in [0, 0.1) is 5.92 Å². The Balaban J connectivity index is 1.61. The highest BCUT2D eigenvalue weighted by molar-refractivity contribution is 6.07. The molecule has 0 bridgehead atoms. The van der Waals surface area contributed by atoms with Crippen molar-refractivity contribution in [2.45, 2.75) is 57.5 Å². The van der Waals surface area contributed by atoms with Gasteiger partial charge < -0.3 is 15.1 Å². The summed E-state index contributed by atoms with van der Waals surface area (Å²) in [5, 5.41) is 2.98. The Morgan fingerprint density at radius 1 is 1.16 bits per heavy atom. The van der Waals surface area contributed by atoms with Crippen LogP contribution in [0.15, 0.2) is 0 Å². The number of hydrogen-bond donors (Lipinski definition) is 1. The van der Waals surface area contributed by atoms with Crippen molar-refractivity contribution in [1.82, 2.24) is 20.0 Å². The van der Waals surface area contributed by atoms with Gasteiger partial charge >= 0.3 is 6.03 Å². The molecule has 0 atom stereocenters. The van der Waals surface area contributed by atoms with Crippen LogP contribution < -0.4 is 5.32 Å². The van der Waals surface area contributed by atoms with E-state index >= 15 is 0 Å². The number of urea groups is 1. The van der Waals surface area contributed by atoms with Gasteiger partial charge in [-0.25, -0.2) is 4.79 Å². The van der Waals surface area contributed by atoms with Crippen molar-refractivity contribution in [3.8, 4) is 0 Å². The molecule has 140 valence electrons. The molecular weight excluding hydrogens is 320 g/mol. The van der Waals surface area contributed by atoms with Crippen molar-refractivity contribution in [1.29, 1.82) is 0 Å². The quantitative estimate of drug-likeness (QED) is 0.772. The molecule has 0 aromatic carbocycles. The Morgan fingerprint density at radius 3 is 2.32 bits per heavy atom. The zero-order chi connectivity index (χ0) is 18.2. The molecule has 7 nitrogen and oxygen atoms in total. The van der Waals surface area contributed by atoms with E-state index in [9.17, 15) is 14.4 Å². The van der Waals surface area contributed by atoms with Crippen molar-refractivity contribution >= 4 is 17.8 Å². The van der Waals surface area contributed by atoms with Gasteiger partial charge in [0.15, 0.2) is 0 Å². The minimum atomic E-state index is -0.700. The number of hydrogen-bond acceptors (Lipinski definition) is 4.